The first-order valence-corrected chi connectivity index (χ1v) is 6.92. The van der Waals surface area contributed by atoms with E-state index in [-0.39, 0.29) is 6.42 Å². The zero-order valence-electron chi connectivity index (χ0n) is 11.9. The van der Waals surface area contributed by atoms with Gasteiger partial charge in [-0.05, 0) is 37.6 Å². The molecular formula is C15H21NO4. The van der Waals surface area contributed by atoms with Crippen LogP contribution in [-0.2, 0) is 10.3 Å². The fourth-order valence-corrected chi connectivity index (χ4v) is 2.36. The number of hydrogen-bond acceptors (Lipinski definition) is 4. The van der Waals surface area contributed by atoms with Crippen molar-refractivity contribution in [3.05, 3.63) is 23.8 Å². The van der Waals surface area contributed by atoms with E-state index in [4.69, 9.17) is 14.6 Å². The number of fused-ring (bicyclic) bond motifs is 1. The lowest BCUT2D eigenvalue weighted by atomic mass is 9.88. The van der Waals surface area contributed by atoms with E-state index in [1.165, 1.54) is 0 Å². The van der Waals surface area contributed by atoms with E-state index in [0.717, 1.165) is 18.5 Å². The average molecular weight is 279 g/mol. The summed E-state index contributed by atoms with van der Waals surface area (Å²) in [7, 11) is 0. The molecule has 5 nitrogen and oxygen atoms in total. The van der Waals surface area contributed by atoms with Gasteiger partial charge < -0.3 is 19.9 Å². The number of carbonyl (C=O) groups is 1. The summed E-state index contributed by atoms with van der Waals surface area (Å²) >= 11 is 0. The van der Waals surface area contributed by atoms with Crippen LogP contribution >= 0.6 is 0 Å². The van der Waals surface area contributed by atoms with Crippen LogP contribution in [0.15, 0.2) is 18.2 Å². The molecule has 110 valence electrons. The number of nitrogens with one attached hydrogen (secondary N) is 1. The van der Waals surface area contributed by atoms with Crippen LogP contribution in [0.1, 0.15) is 32.3 Å². The Labute approximate surface area is 118 Å². The van der Waals surface area contributed by atoms with E-state index in [9.17, 15) is 4.79 Å². The summed E-state index contributed by atoms with van der Waals surface area (Å²) in [5.41, 5.74) is 0.287. The van der Waals surface area contributed by atoms with Crippen molar-refractivity contribution in [2.75, 3.05) is 19.8 Å². The molecule has 0 saturated carbocycles. The molecule has 1 aromatic rings. The van der Waals surface area contributed by atoms with Crippen molar-refractivity contribution in [1.29, 1.82) is 0 Å². The first-order chi connectivity index (χ1) is 9.55. The molecule has 1 atom stereocenters. The first kappa shape index (κ1) is 14.7. The van der Waals surface area contributed by atoms with Crippen LogP contribution in [0.3, 0.4) is 0 Å². The molecule has 0 aromatic heterocycles. The highest BCUT2D eigenvalue weighted by molar-refractivity contribution is 5.69. The third-order valence-corrected chi connectivity index (χ3v) is 3.45. The molecule has 0 bridgehead atoms. The maximum absolute atomic E-state index is 11.1. The molecular weight excluding hydrogens is 258 g/mol. The molecule has 0 fully saturated rings. The maximum atomic E-state index is 11.1. The lowest BCUT2D eigenvalue weighted by Crippen LogP contribution is -2.42. The summed E-state index contributed by atoms with van der Waals surface area (Å²) in [6.45, 7) is 5.79. The molecule has 20 heavy (non-hydrogen) atoms. The minimum Gasteiger partial charge on any atom is -0.486 e. The van der Waals surface area contributed by atoms with Crippen molar-refractivity contribution in [3.63, 3.8) is 0 Å². The number of carboxylic acids is 1. The van der Waals surface area contributed by atoms with Gasteiger partial charge in [-0.25, -0.2) is 0 Å². The fraction of sp³-hybridized carbons (Fsp3) is 0.533. The predicted molar refractivity (Wildman–Crippen MR) is 75.3 cm³/mol. The quantitative estimate of drug-likeness (QED) is 0.835. The number of rotatable bonds is 6. The summed E-state index contributed by atoms with van der Waals surface area (Å²) in [6, 6.07) is 5.62. The van der Waals surface area contributed by atoms with Crippen molar-refractivity contribution < 1.29 is 19.4 Å². The molecule has 0 amide bonds. The van der Waals surface area contributed by atoms with Crippen molar-refractivity contribution in [3.8, 4) is 11.5 Å². The Balaban J connectivity index is 2.30. The molecule has 1 heterocycles. The zero-order valence-corrected chi connectivity index (χ0v) is 11.9. The molecule has 2 rings (SSSR count). The van der Waals surface area contributed by atoms with Crippen LogP contribution in [-0.4, -0.2) is 30.8 Å². The van der Waals surface area contributed by atoms with Crippen LogP contribution in [0, 0.1) is 0 Å². The normalized spacial score (nSPS) is 16.5. The van der Waals surface area contributed by atoms with Crippen molar-refractivity contribution in [2.45, 2.75) is 32.2 Å². The van der Waals surface area contributed by atoms with E-state index in [1.807, 2.05) is 25.1 Å². The molecule has 1 aromatic carbocycles. The summed E-state index contributed by atoms with van der Waals surface area (Å²) in [6.07, 6.45) is 0.965. The van der Waals surface area contributed by atoms with Gasteiger partial charge in [0, 0.05) is 0 Å². The number of benzene rings is 1. The summed E-state index contributed by atoms with van der Waals surface area (Å²) in [5, 5.41) is 12.5. The smallest absolute Gasteiger partial charge is 0.305 e. The number of ether oxygens (including phenoxy) is 2. The van der Waals surface area contributed by atoms with Crippen LogP contribution in [0.5, 0.6) is 11.5 Å². The second-order valence-electron chi connectivity index (χ2n) is 5.19. The van der Waals surface area contributed by atoms with E-state index in [1.54, 1.807) is 0 Å². The van der Waals surface area contributed by atoms with Crippen LogP contribution < -0.4 is 14.8 Å². The Bertz CT molecular complexity index is 489. The van der Waals surface area contributed by atoms with Gasteiger partial charge in [-0.1, -0.05) is 13.0 Å². The number of hydrogen-bond donors (Lipinski definition) is 2. The van der Waals surface area contributed by atoms with E-state index < -0.39 is 11.5 Å². The van der Waals surface area contributed by atoms with Crippen molar-refractivity contribution in [1.82, 2.24) is 5.32 Å². The second-order valence-corrected chi connectivity index (χ2v) is 5.19. The summed E-state index contributed by atoms with van der Waals surface area (Å²) in [4.78, 5) is 11.1. The minimum atomic E-state index is -0.828. The van der Waals surface area contributed by atoms with Gasteiger partial charge in [-0.3, -0.25) is 4.79 Å². The van der Waals surface area contributed by atoms with Crippen LogP contribution in [0.25, 0.3) is 0 Å². The van der Waals surface area contributed by atoms with Gasteiger partial charge in [0.25, 0.3) is 0 Å². The van der Waals surface area contributed by atoms with Crippen LogP contribution in [0.2, 0.25) is 0 Å². The molecule has 2 N–H and O–H groups in total. The topological polar surface area (TPSA) is 67.8 Å². The highest BCUT2D eigenvalue weighted by atomic mass is 16.6. The van der Waals surface area contributed by atoms with Gasteiger partial charge in [0.15, 0.2) is 11.5 Å². The Morgan fingerprint density at radius 1 is 1.35 bits per heavy atom. The number of aliphatic carboxylic acids is 1. The fourth-order valence-electron chi connectivity index (χ4n) is 2.36. The van der Waals surface area contributed by atoms with Crippen molar-refractivity contribution >= 4 is 5.97 Å². The third kappa shape index (κ3) is 3.22. The van der Waals surface area contributed by atoms with Gasteiger partial charge in [0.2, 0.25) is 0 Å². The Morgan fingerprint density at radius 3 is 2.70 bits per heavy atom. The molecule has 5 heteroatoms. The average Bonchev–Trinajstić information content (AvgIpc) is 2.44. The molecule has 0 aliphatic carbocycles. The molecule has 1 aliphatic heterocycles. The SMILES string of the molecule is CCCNC(C)(CC(=O)O)c1ccc2c(c1)OCCO2. The Kier molecular flexibility index (Phi) is 4.49. The molecule has 0 saturated heterocycles. The minimum absolute atomic E-state index is 0.0205. The summed E-state index contributed by atoms with van der Waals surface area (Å²) < 4.78 is 11.1. The lowest BCUT2D eigenvalue weighted by Gasteiger charge is -2.31. The lowest BCUT2D eigenvalue weighted by molar-refractivity contribution is -0.138. The Hall–Kier alpha value is -1.75. The standard InChI is InChI=1S/C15H21NO4/c1-3-6-16-15(2,10-14(17)18)11-4-5-12-13(9-11)20-8-7-19-12/h4-5,9,16H,3,6-8,10H2,1-2H3,(H,17,18). The van der Waals surface area contributed by atoms with E-state index >= 15 is 0 Å². The molecule has 1 aliphatic rings. The zero-order chi connectivity index (χ0) is 14.6. The van der Waals surface area contributed by atoms with Gasteiger partial charge in [-0.2, -0.15) is 0 Å². The third-order valence-electron chi connectivity index (χ3n) is 3.45. The van der Waals surface area contributed by atoms with Gasteiger partial charge in [0.1, 0.15) is 13.2 Å². The molecule has 1 unspecified atom stereocenters. The van der Waals surface area contributed by atoms with E-state index in [0.29, 0.717) is 24.7 Å². The van der Waals surface area contributed by atoms with Crippen molar-refractivity contribution in [2.24, 2.45) is 0 Å². The van der Waals surface area contributed by atoms with Gasteiger partial charge in [0.05, 0.1) is 12.0 Å². The highest BCUT2D eigenvalue weighted by Crippen LogP contribution is 2.35. The monoisotopic (exact) mass is 279 g/mol. The molecule has 0 spiro atoms. The first-order valence-electron chi connectivity index (χ1n) is 6.92. The van der Waals surface area contributed by atoms with Crippen LogP contribution in [0.4, 0.5) is 0 Å². The summed E-state index contributed by atoms with van der Waals surface area (Å²) in [5.74, 6) is 0.572. The van der Waals surface area contributed by atoms with Gasteiger partial charge >= 0.3 is 5.97 Å². The highest BCUT2D eigenvalue weighted by Gasteiger charge is 2.30. The van der Waals surface area contributed by atoms with E-state index in [2.05, 4.69) is 12.2 Å². The predicted octanol–water partition coefficient (Wildman–Crippen LogP) is 2.15. The number of carboxylic acid groups (broad SMARTS) is 1. The largest absolute Gasteiger partial charge is 0.486 e. The Morgan fingerprint density at radius 2 is 2.05 bits per heavy atom. The molecule has 0 radical (unpaired) electrons. The second kappa shape index (κ2) is 6.13. The maximum Gasteiger partial charge on any atom is 0.305 e. The van der Waals surface area contributed by atoms with Gasteiger partial charge in [-0.15, -0.1) is 0 Å².